The van der Waals surface area contributed by atoms with Crippen LogP contribution in [0.3, 0.4) is 0 Å². The zero-order valence-corrected chi connectivity index (χ0v) is 14.1. The Morgan fingerprint density at radius 3 is 2.82 bits per heavy atom. The first-order valence-electron chi connectivity index (χ1n) is 8.01. The minimum atomic E-state index is 0.128. The Morgan fingerprint density at radius 2 is 2.14 bits per heavy atom. The first-order valence-corrected chi connectivity index (χ1v) is 9.00. The number of rotatable bonds is 5. The lowest BCUT2D eigenvalue weighted by atomic mass is 9.95. The molecule has 118 valence electrons. The molecule has 22 heavy (non-hydrogen) atoms. The monoisotopic (exact) mass is 317 g/mol. The maximum atomic E-state index is 12.2. The van der Waals surface area contributed by atoms with Crippen LogP contribution in [0.4, 0.5) is 0 Å². The predicted octanol–water partition coefficient (Wildman–Crippen LogP) is 4.31. The topological polar surface area (TPSA) is 50.7 Å². The van der Waals surface area contributed by atoms with Crippen molar-refractivity contribution in [1.29, 1.82) is 0 Å². The fourth-order valence-electron chi connectivity index (χ4n) is 3.18. The van der Waals surface area contributed by atoms with E-state index in [9.17, 15) is 4.79 Å². The van der Waals surface area contributed by atoms with E-state index in [1.165, 1.54) is 37.8 Å². The highest BCUT2D eigenvalue weighted by molar-refractivity contribution is 7.99. The van der Waals surface area contributed by atoms with E-state index < -0.39 is 0 Å². The SMILES string of the molecule is Cc1nc(SCC(=O)c2ccc[nH]2)n(C2CCCCC2)c1C. The van der Waals surface area contributed by atoms with Crippen LogP contribution in [0.2, 0.25) is 0 Å². The number of aryl methyl sites for hydroxylation is 1. The van der Waals surface area contributed by atoms with Gasteiger partial charge in [-0.05, 0) is 38.8 Å². The maximum Gasteiger partial charge on any atom is 0.189 e. The molecule has 0 radical (unpaired) electrons. The van der Waals surface area contributed by atoms with Gasteiger partial charge in [-0.1, -0.05) is 31.0 Å². The summed E-state index contributed by atoms with van der Waals surface area (Å²) in [5.41, 5.74) is 3.01. The second-order valence-corrected chi connectivity index (χ2v) is 6.97. The Bertz CT molecular complexity index is 639. The van der Waals surface area contributed by atoms with Crippen LogP contribution in [-0.2, 0) is 0 Å². The molecule has 0 bridgehead atoms. The third-order valence-corrected chi connectivity index (χ3v) is 5.48. The van der Waals surface area contributed by atoms with Crippen LogP contribution in [0, 0.1) is 13.8 Å². The highest BCUT2D eigenvalue weighted by Gasteiger charge is 2.22. The van der Waals surface area contributed by atoms with Crippen molar-refractivity contribution in [2.75, 3.05) is 5.75 Å². The molecule has 0 unspecified atom stereocenters. The number of ketones is 1. The summed E-state index contributed by atoms with van der Waals surface area (Å²) in [7, 11) is 0. The van der Waals surface area contributed by atoms with E-state index in [1.807, 2.05) is 12.1 Å². The van der Waals surface area contributed by atoms with Gasteiger partial charge in [-0.15, -0.1) is 0 Å². The molecule has 5 heteroatoms. The molecule has 3 rings (SSSR count). The second-order valence-electron chi connectivity index (χ2n) is 6.02. The highest BCUT2D eigenvalue weighted by Crippen LogP contribution is 2.34. The van der Waals surface area contributed by atoms with Gasteiger partial charge in [-0.3, -0.25) is 4.79 Å². The van der Waals surface area contributed by atoms with Crippen molar-refractivity contribution < 1.29 is 4.79 Å². The molecule has 0 spiro atoms. The summed E-state index contributed by atoms with van der Waals surface area (Å²) in [6.07, 6.45) is 8.19. The van der Waals surface area contributed by atoms with E-state index in [2.05, 4.69) is 23.4 Å². The Labute approximate surface area is 135 Å². The third-order valence-electron chi connectivity index (χ3n) is 4.52. The molecular formula is C17H23N3OS. The quantitative estimate of drug-likeness (QED) is 0.660. The van der Waals surface area contributed by atoms with Gasteiger partial charge >= 0.3 is 0 Å². The van der Waals surface area contributed by atoms with Crippen molar-refractivity contribution in [3.05, 3.63) is 35.4 Å². The van der Waals surface area contributed by atoms with E-state index >= 15 is 0 Å². The summed E-state index contributed by atoms with van der Waals surface area (Å²) in [6.45, 7) is 4.21. The van der Waals surface area contributed by atoms with Gasteiger partial charge in [0, 0.05) is 17.9 Å². The second kappa shape index (κ2) is 6.73. The van der Waals surface area contributed by atoms with E-state index in [0.717, 1.165) is 10.9 Å². The molecule has 2 aromatic heterocycles. The van der Waals surface area contributed by atoms with Crippen LogP contribution in [-0.4, -0.2) is 26.1 Å². The van der Waals surface area contributed by atoms with Gasteiger partial charge in [-0.25, -0.2) is 4.98 Å². The third kappa shape index (κ3) is 3.14. The van der Waals surface area contributed by atoms with Crippen LogP contribution >= 0.6 is 11.8 Å². The van der Waals surface area contributed by atoms with Crippen molar-refractivity contribution in [3.8, 4) is 0 Å². The van der Waals surface area contributed by atoms with E-state index in [1.54, 1.807) is 18.0 Å². The summed E-state index contributed by atoms with van der Waals surface area (Å²) in [5.74, 6) is 0.562. The zero-order chi connectivity index (χ0) is 15.5. The summed E-state index contributed by atoms with van der Waals surface area (Å²) < 4.78 is 2.38. The number of carbonyl (C=O) groups excluding carboxylic acids is 1. The van der Waals surface area contributed by atoms with Gasteiger partial charge in [0.1, 0.15) is 0 Å². The molecule has 2 aromatic rings. The van der Waals surface area contributed by atoms with Gasteiger partial charge < -0.3 is 9.55 Å². The van der Waals surface area contributed by atoms with Gasteiger partial charge in [0.2, 0.25) is 0 Å². The first kappa shape index (κ1) is 15.4. The molecule has 1 aliphatic carbocycles. The van der Waals surface area contributed by atoms with Crippen LogP contribution < -0.4 is 0 Å². The lowest BCUT2D eigenvalue weighted by molar-refractivity contribution is 0.101. The molecule has 4 nitrogen and oxygen atoms in total. The van der Waals surface area contributed by atoms with Gasteiger partial charge in [0.15, 0.2) is 10.9 Å². The fourth-order valence-corrected chi connectivity index (χ4v) is 4.22. The average Bonchev–Trinajstić information content (AvgIpc) is 3.15. The molecular weight excluding hydrogens is 294 g/mol. The molecule has 1 aliphatic rings. The molecule has 0 amide bonds. The van der Waals surface area contributed by atoms with E-state index in [0.29, 0.717) is 17.5 Å². The number of aromatic amines is 1. The molecule has 0 atom stereocenters. The summed E-state index contributed by atoms with van der Waals surface area (Å²) in [6, 6.07) is 4.24. The molecule has 0 saturated heterocycles. The van der Waals surface area contributed by atoms with Gasteiger partial charge in [0.25, 0.3) is 0 Å². The van der Waals surface area contributed by atoms with Gasteiger partial charge in [-0.2, -0.15) is 0 Å². The smallest absolute Gasteiger partial charge is 0.189 e. The number of nitrogens with zero attached hydrogens (tertiary/aromatic N) is 2. The predicted molar refractivity (Wildman–Crippen MR) is 89.7 cm³/mol. The summed E-state index contributed by atoms with van der Waals surface area (Å²) >= 11 is 1.56. The number of hydrogen-bond acceptors (Lipinski definition) is 3. The van der Waals surface area contributed by atoms with Crippen LogP contribution in [0.25, 0.3) is 0 Å². The van der Waals surface area contributed by atoms with Crippen molar-refractivity contribution in [2.24, 2.45) is 0 Å². The number of nitrogens with one attached hydrogen (secondary N) is 1. The standard InChI is InChI=1S/C17H23N3OS/c1-12-13(2)20(14-7-4-3-5-8-14)17(19-12)22-11-16(21)15-9-6-10-18-15/h6,9-10,14,18H,3-5,7-8,11H2,1-2H3. The van der Waals surface area contributed by atoms with Crippen molar-refractivity contribution in [2.45, 2.75) is 57.1 Å². The number of imidazole rings is 1. The number of hydrogen-bond donors (Lipinski definition) is 1. The average molecular weight is 317 g/mol. The Kier molecular flexibility index (Phi) is 4.71. The highest BCUT2D eigenvalue weighted by atomic mass is 32.2. The lowest BCUT2D eigenvalue weighted by Gasteiger charge is -2.26. The normalized spacial score (nSPS) is 16.1. The molecule has 1 saturated carbocycles. The molecule has 2 heterocycles. The minimum Gasteiger partial charge on any atom is -0.359 e. The molecule has 1 fully saturated rings. The van der Waals surface area contributed by atoms with Crippen molar-refractivity contribution in [1.82, 2.24) is 14.5 Å². The minimum absolute atomic E-state index is 0.128. The first-order chi connectivity index (χ1) is 10.7. The molecule has 1 N–H and O–H groups in total. The molecule has 0 aliphatic heterocycles. The van der Waals surface area contributed by atoms with Gasteiger partial charge in [0.05, 0.1) is 17.1 Å². The largest absolute Gasteiger partial charge is 0.359 e. The van der Waals surface area contributed by atoms with Crippen LogP contribution in [0.15, 0.2) is 23.5 Å². The fraction of sp³-hybridized carbons (Fsp3) is 0.529. The van der Waals surface area contributed by atoms with E-state index in [4.69, 9.17) is 4.98 Å². The number of carbonyl (C=O) groups is 1. The Hall–Kier alpha value is -1.49. The van der Waals surface area contributed by atoms with Crippen LogP contribution in [0.5, 0.6) is 0 Å². The summed E-state index contributed by atoms with van der Waals surface area (Å²) in [4.78, 5) is 19.8. The zero-order valence-electron chi connectivity index (χ0n) is 13.3. The van der Waals surface area contributed by atoms with Crippen LogP contribution in [0.1, 0.15) is 60.0 Å². The lowest BCUT2D eigenvalue weighted by Crippen LogP contribution is -2.15. The van der Waals surface area contributed by atoms with Crippen molar-refractivity contribution >= 4 is 17.5 Å². The number of thioether (sulfide) groups is 1. The van der Waals surface area contributed by atoms with E-state index in [-0.39, 0.29) is 5.78 Å². The molecule has 0 aromatic carbocycles. The maximum absolute atomic E-state index is 12.2. The number of H-pyrrole nitrogens is 1. The number of aromatic nitrogens is 3. The Balaban J connectivity index is 1.75. The number of Topliss-reactive ketones (excluding diaryl/α,β-unsaturated/α-hetero) is 1. The summed E-state index contributed by atoms with van der Waals surface area (Å²) in [5, 5.41) is 1.00. The Morgan fingerprint density at radius 1 is 1.36 bits per heavy atom. The van der Waals surface area contributed by atoms with Crippen molar-refractivity contribution in [3.63, 3.8) is 0 Å².